The van der Waals surface area contributed by atoms with Crippen molar-refractivity contribution in [3.8, 4) is 11.5 Å². The number of ether oxygens (including phenoxy) is 2. The topological polar surface area (TPSA) is 77.8 Å². The van der Waals surface area contributed by atoms with E-state index in [0.29, 0.717) is 27.9 Å². The summed E-state index contributed by atoms with van der Waals surface area (Å²) in [5.74, 6) is -1.52. The Balaban J connectivity index is 1.86. The Labute approximate surface area is 189 Å². The molecular formula is C25H25F2NO5. The zero-order valence-electron chi connectivity index (χ0n) is 18.4. The first-order chi connectivity index (χ1) is 15.8. The molecule has 6 nitrogen and oxygen atoms in total. The highest BCUT2D eigenvalue weighted by Crippen LogP contribution is 2.43. The maximum atomic E-state index is 13.5. The van der Waals surface area contributed by atoms with Gasteiger partial charge in [-0.25, -0.2) is 0 Å². The van der Waals surface area contributed by atoms with Crippen molar-refractivity contribution in [2.45, 2.75) is 45.1 Å². The number of carbonyl (C=O) groups excluding carboxylic acids is 1. The lowest BCUT2D eigenvalue weighted by Crippen LogP contribution is -2.21. The minimum atomic E-state index is -2.96. The second-order valence-corrected chi connectivity index (χ2v) is 8.29. The molecule has 1 unspecified atom stereocenters. The lowest BCUT2D eigenvalue weighted by molar-refractivity contribution is -0.140. The highest BCUT2D eigenvalue weighted by molar-refractivity contribution is 6.05. The summed E-state index contributed by atoms with van der Waals surface area (Å²) in [7, 11) is 1.53. The molecule has 1 saturated carbocycles. The summed E-state index contributed by atoms with van der Waals surface area (Å²) in [4.78, 5) is 25.9. The third-order valence-electron chi connectivity index (χ3n) is 6.44. The van der Waals surface area contributed by atoms with Crippen LogP contribution < -0.4 is 9.47 Å². The van der Waals surface area contributed by atoms with Crippen LogP contribution in [-0.2, 0) is 4.79 Å². The average molecular weight is 457 g/mol. The maximum absolute atomic E-state index is 13.5. The van der Waals surface area contributed by atoms with Gasteiger partial charge in [-0.15, -0.1) is 0 Å². The molecule has 0 saturated heterocycles. The summed E-state index contributed by atoms with van der Waals surface area (Å²) >= 11 is 0. The van der Waals surface area contributed by atoms with Gasteiger partial charge in [0.1, 0.15) is 11.5 Å². The number of rotatable bonds is 7. The number of nitrogens with zero attached hydrogens (tertiary/aromatic N) is 1. The first-order valence-electron chi connectivity index (χ1n) is 10.8. The molecule has 1 fully saturated rings. The zero-order chi connectivity index (χ0) is 23.7. The highest BCUT2D eigenvalue weighted by atomic mass is 19.3. The molecule has 0 amide bonds. The molecule has 0 spiro atoms. The van der Waals surface area contributed by atoms with Crippen LogP contribution in [0.5, 0.6) is 11.5 Å². The van der Waals surface area contributed by atoms with Gasteiger partial charge >= 0.3 is 12.6 Å². The fourth-order valence-corrected chi connectivity index (χ4v) is 4.96. The molecule has 3 aromatic rings. The van der Waals surface area contributed by atoms with Crippen LogP contribution in [0.15, 0.2) is 42.5 Å². The predicted molar refractivity (Wildman–Crippen MR) is 118 cm³/mol. The number of benzene rings is 2. The molecule has 174 valence electrons. The normalized spacial score (nSPS) is 15.2. The van der Waals surface area contributed by atoms with E-state index in [1.807, 2.05) is 0 Å². The number of hydrogen-bond acceptors (Lipinski definition) is 4. The van der Waals surface area contributed by atoms with Crippen molar-refractivity contribution in [1.29, 1.82) is 0 Å². The van der Waals surface area contributed by atoms with Crippen molar-refractivity contribution < 1.29 is 33.0 Å². The number of carboxylic acid groups (broad SMARTS) is 1. The molecule has 1 aromatic heterocycles. The van der Waals surface area contributed by atoms with E-state index in [-0.39, 0.29) is 23.1 Å². The van der Waals surface area contributed by atoms with Gasteiger partial charge in [0.05, 0.1) is 18.5 Å². The average Bonchev–Trinajstić information content (AvgIpc) is 3.40. The fourth-order valence-electron chi connectivity index (χ4n) is 4.96. The molecule has 1 N–H and O–H groups in total. The Kier molecular flexibility index (Phi) is 6.35. The highest BCUT2D eigenvalue weighted by Gasteiger charge is 2.36. The zero-order valence-corrected chi connectivity index (χ0v) is 18.4. The van der Waals surface area contributed by atoms with Gasteiger partial charge in [0.15, 0.2) is 0 Å². The van der Waals surface area contributed by atoms with Crippen LogP contribution in [-0.4, -0.2) is 35.3 Å². The van der Waals surface area contributed by atoms with E-state index in [0.717, 1.165) is 25.7 Å². The molecule has 0 bridgehead atoms. The standard InChI is InChI=1S/C25H25F2NO5/c1-14-21(22(24(30)31)15-5-3-4-6-15)19-13-18(32-2)11-12-20(19)28(14)23(29)16-7-9-17(10-8-16)33-25(26)27/h7-13,15,22,25H,3-6H2,1-2H3,(H,30,31). The van der Waals surface area contributed by atoms with E-state index in [4.69, 9.17) is 4.74 Å². The van der Waals surface area contributed by atoms with Crippen LogP contribution in [0.4, 0.5) is 8.78 Å². The second-order valence-electron chi connectivity index (χ2n) is 8.29. The van der Waals surface area contributed by atoms with Crippen LogP contribution in [0, 0.1) is 12.8 Å². The largest absolute Gasteiger partial charge is 0.497 e. The van der Waals surface area contributed by atoms with Crippen molar-refractivity contribution in [2.24, 2.45) is 5.92 Å². The van der Waals surface area contributed by atoms with E-state index in [1.54, 1.807) is 25.1 Å². The van der Waals surface area contributed by atoms with Crippen LogP contribution in [0.2, 0.25) is 0 Å². The van der Waals surface area contributed by atoms with Crippen molar-refractivity contribution in [2.75, 3.05) is 7.11 Å². The summed E-state index contributed by atoms with van der Waals surface area (Å²) < 4.78 is 36.1. The van der Waals surface area contributed by atoms with Gasteiger partial charge in [-0.3, -0.25) is 14.2 Å². The summed E-state index contributed by atoms with van der Waals surface area (Å²) in [5.41, 5.74) is 2.02. The van der Waals surface area contributed by atoms with E-state index in [1.165, 1.54) is 35.9 Å². The smallest absolute Gasteiger partial charge is 0.387 e. The Hall–Kier alpha value is -3.42. The first-order valence-corrected chi connectivity index (χ1v) is 10.8. The fraction of sp³-hybridized carbons (Fsp3) is 0.360. The molecule has 8 heteroatoms. The van der Waals surface area contributed by atoms with E-state index < -0.39 is 18.5 Å². The Morgan fingerprint density at radius 1 is 1.06 bits per heavy atom. The van der Waals surface area contributed by atoms with Crippen LogP contribution in [0.1, 0.15) is 53.2 Å². The van der Waals surface area contributed by atoms with Crippen LogP contribution in [0.3, 0.4) is 0 Å². The van der Waals surface area contributed by atoms with Gasteiger partial charge < -0.3 is 14.6 Å². The molecule has 1 atom stereocenters. The van der Waals surface area contributed by atoms with Gasteiger partial charge in [-0.2, -0.15) is 8.78 Å². The first kappa shape index (κ1) is 22.8. The number of fused-ring (bicyclic) bond motifs is 1. The number of methoxy groups -OCH3 is 1. The van der Waals surface area contributed by atoms with Gasteiger partial charge in [0, 0.05) is 16.6 Å². The number of hydrogen-bond donors (Lipinski definition) is 1. The third kappa shape index (κ3) is 4.29. The van der Waals surface area contributed by atoms with Crippen molar-refractivity contribution in [3.05, 3.63) is 59.3 Å². The second kappa shape index (κ2) is 9.21. The van der Waals surface area contributed by atoms with Gasteiger partial charge in [0.25, 0.3) is 5.91 Å². The van der Waals surface area contributed by atoms with Gasteiger partial charge in [0.2, 0.25) is 0 Å². The number of carboxylic acids is 1. The van der Waals surface area contributed by atoms with Crippen molar-refractivity contribution in [3.63, 3.8) is 0 Å². The molecular weight excluding hydrogens is 432 g/mol. The lowest BCUT2D eigenvalue weighted by atomic mass is 9.83. The molecule has 1 heterocycles. The Bertz CT molecular complexity index is 1180. The molecule has 1 aliphatic rings. The summed E-state index contributed by atoms with van der Waals surface area (Å²) in [6, 6.07) is 10.7. The number of halogens is 2. The monoisotopic (exact) mass is 457 g/mol. The van der Waals surface area contributed by atoms with Gasteiger partial charge in [-0.05, 0) is 73.7 Å². The Morgan fingerprint density at radius 3 is 2.27 bits per heavy atom. The number of aromatic nitrogens is 1. The molecule has 0 radical (unpaired) electrons. The number of carbonyl (C=O) groups is 2. The van der Waals surface area contributed by atoms with Crippen LogP contribution in [0.25, 0.3) is 10.9 Å². The molecule has 0 aliphatic heterocycles. The Morgan fingerprint density at radius 2 is 1.70 bits per heavy atom. The van der Waals surface area contributed by atoms with Crippen LogP contribution >= 0.6 is 0 Å². The lowest BCUT2D eigenvalue weighted by Gasteiger charge is -2.20. The minimum Gasteiger partial charge on any atom is -0.497 e. The van der Waals surface area contributed by atoms with E-state index in [9.17, 15) is 23.5 Å². The third-order valence-corrected chi connectivity index (χ3v) is 6.44. The number of alkyl halides is 2. The molecule has 2 aromatic carbocycles. The maximum Gasteiger partial charge on any atom is 0.387 e. The van der Waals surface area contributed by atoms with Crippen molar-refractivity contribution >= 4 is 22.8 Å². The molecule has 4 rings (SSSR count). The molecule has 33 heavy (non-hydrogen) atoms. The SMILES string of the molecule is COc1ccc2c(c1)c(C(C(=O)O)C1CCCC1)c(C)n2C(=O)c1ccc(OC(F)F)cc1. The van der Waals surface area contributed by atoms with Crippen molar-refractivity contribution in [1.82, 2.24) is 4.57 Å². The quantitative estimate of drug-likeness (QED) is 0.499. The summed E-state index contributed by atoms with van der Waals surface area (Å²) in [5, 5.41) is 10.8. The summed E-state index contributed by atoms with van der Waals surface area (Å²) in [6.45, 7) is -1.21. The predicted octanol–water partition coefficient (Wildman–Crippen LogP) is 5.61. The minimum absolute atomic E-state index is 0.00710. The summed E-state index contributed by atoms with van der Waals surface area (Å²) in [6.07, 6.45) is 3.63. The van der Waals surface area contributed by atoms with E-state index in [2.05, 4.69) is 4.74 Å². The number of aliphatic carboxylic acids is 1. The van der Waals surface area contributed by atoms with Gasteiger partial charge in [-0.1, -0.05) is 12.8 Å². The van der Waals surface area contributed by atoms with E-state index >= 15 is 0 Å². The molecule has 1 aliphatic carbocycles.